The van der Waals surface area contributed by atoms with Crippen LogP contribution in [0.4, 0.5) is 0 Å². The minimum Gasteiger partial charge on any atom is -0.497 e. The number of rotatable bonds is 6. The zero-order valence-corrected chi connectivity index (χ0v) is 15.1. The van der Waals surface area contributed by atoms with Gasteiger partial charge in [-0.05, 0) is 55.8 Å². The zero-order chi connectivity index (χ0) is 16.4. The van der Waals surface area contributed by atoms with Crippen molar-refractivity contribution in [3.05, 3.63) is 51.5 Å². The summed E-state index contributed by atoms with van der Waals surface area (Å²) in [7, 11) is 6.00. The molecule has 1 unspecified atom stereocenters. The maximum atomic E-state index is 5.45. The predicted octanol–water partition coefficient (Wildman–Crippen LogP) is 4.22. The maximum absolute atomic E-state index is 5.45. The van der Waals surface area contributed by atoms with E-state index in [2.05, 4.69) is 54.5 Å². The zero-order valence-electron chi connectivity index (χ0n) is 14.3. The van der Waals surface area contributed by atoms with Crippen LogP contribution in [0.15, 0.2) is 35.3 Å². The summed E-state index contributed by atoms with van der Waals surface area (Å²) >= 11 is 1.74. The van der Waals surface area contributed by atoms with E-state index in [1.165, 1.54) is 21.7 Å². The first-order chi connectivity index (χ1) is 11.1. The Morgan fingerprint density at radius 3 is 2.83 bits per heavy atom. The molecule has 0 radical (unpaired) electrons. The first-order valence-electron chi connectivity index (χ1n) is 8.03. The van der Waals surface area contributed by atoms with Gasteiger partial charge in [0, 0.05) is 24.0 Å². The third-order valence-corrected chi connectivity index (χ3v) is 5.47. The lowest BCUT2D eigenvalue weighted by molar-refractivity contribution is 0.412. The van der Waals surface area contributed by atoms with E-state index >= 15 is 0 Å². The van der Waals surface area contributed by atoms with E-state index in [1.54, 1.807) is 24.0 Å². The molecule has 0 fully saturated rings. The van der Waals surface area contributed by atoms with Gasteiger partial charge in [0.1, 0.15) is 5.75 Å². The Morgan fingerprint density at radius 2 is 2.17 bits per heavy atom. The van der Waals surface area contributed by atoms with Gasteiger partial charge in [-0.25, -0.2) is 4.98 Å². The molecule has 2 aromatic rings. The van der Waals surface area contributed by atoms with Crippen LogP contribution >= 0.6 is 11.3 Å². The number of hydrogen-bond donors (Lipinski definition) is 0. The lowest BCUT2D eigenvalue weighted by atomic mass is 9.92. The molecule has 0 saturated heterocycles. The van der Waals surface area contributed by atoms with Crippen LogP contribution in [0.25, 0.3) is 5.57 Å². The number of nitrogens with zero attached hydrogens (tertiary/aromatic N) is 2. The number of thiazole rings is 1. The van der Waals surface area contributed by atoms with E-state index in [0.717, 1.165) is 25.1 Å². The molecule has 3 rings (SSSR count). The Morgan fingerprint density at radius 1 is 1.35 bits per heavy atom. The molecule has 1 aliphatic rings. The number of fused-ring (bicyclic) bond motifs is 1. The maximum Gasteiger partial charge on any atom is 0.119 e. The fourth-order valence-electron chi connectivity index (χ4n) is 3.30. The number of benzene rings is 1. The van der Waals surface area contributed by atoms with E-state index < -0.39 is 0 Å². The average Bonchev–Trinajstić information content (AvgIpc) is 3.19. The van der Waals surface area contributed by atoms with Crippen LogP contribution in [-0.4, -0.2) is 37.6 Å². The third kappa shape index (κ3) is 3.33. The minimum absolute atomic E-state index is 0.334. The van der Waals surface area contributed by atoms with E-state index in [-0.39, 0.29) is 0 Å². The number of aromatic nitrogens is 1. The van der Waals surface area contributed by atoms with Crippen molar-refractivity contribution in [2.75, 3.05) is 27.7 Å². The van der Waals surface area contributed by atoms with Crippen molar-refractivity contribution in [2.24, 2.45) is 0 Å². The van der Waals surface area contributed by atoms with Gasteiger partial charge in [-0.3, -0.25) is 0 Å². The molecular weight excluding hydrogens is 304 g/mol. The molecular formula is C19H24N2OS. The smallest absolute Gasteiger partial charge is 0.119 e. The van der Waals surface area contributed by atoms with Gasteiger partial charge in [-0.2, -0.15) is 0 Å². The molecule has 0 spiro atoms. The largest absolute Gasteiger partial charge is 0.497 e. The SMILES string of the molecule is COc1ccc2c(c1)C(C(C)c1nccs1)=C(CCN(C)C)C2. The highest BCUT2D eigenvalue weighted by Gasteiger charge is 2.27. The molecule has 0 N–H and O–H groups in total. The summed E-state index contributed by atoms with van der Waals surface area (Å²) in [6.45, 7) is 3.35. The van der Waals surface area contributed by atoms with Crippen LogP contribution < -0.4 is 4.74 Å². The van der Waals surface area contributed by atoms with Gasteiger partial charge in [-0.15, -0.1) is 11.3 Å². The predicted molar refractivity (Wildman–Crippen MR) is 97.3 cm³/mol. The van der Waals surface area contributed by atoms with Crippen molar-refractivity contribution in [2.45, 2.75) is 25.7 Å². The molecule has 122 valence electrons. The number of hydrogen-bond acceptors (Lipinski definition) is 4. The van der Waals surface area contributed by atoms with Crippen LogP contribution in [0, 0.1) is 0 Å². The topological polar surface area (TPSA) is 25.4 Å². The Bertz CT molecular complexity index is 704. The first-order valence-corrected chi connectivity index (χ1v) is 8.91. The molecule has 0 bridgehead atoms. The summed E-state index contributed by atoms with van der Waals surface area (Å²) in [6.07, 6.45) is 4.06. The molecule has 1 aromatic heterocycles. The quantitative estimate of drug-likeness (QED) is 0.794. The van der Waals surface area contributed by atoms with Crippen LogP contribution in [-0.2, 0) is 6.42 Å². The van der Waals surface area contributed by atoms with Crippen molar-refractivity contribution < 1.29 is 4.74 Å². The average molecular weight is 328 g/mol. The molecule has 23 heavy (non-hydrogen) atoms. The van der Waals surface area contributed by atoms with Crippen LogP contribution in [0.2, 0.25) is 0 Å². The second-order valence-corrected chi connectivity index (χ2v) is 7.29. The lowest BCUT2D eigenvalue weighted by Gasteiger charge is -2.17. The molecule has 1 aromatic carbocycles. The van der Waals surface area contributed by atoms with Crippen LogP contribution in [0.3, 0.4) is 0 Å². The van der Waals surface area contributed by atoms with Crippen LogP contribution in [0.5, 0.6) is 5.75 Å². The van der Waals surface area contributed by atoms with E-state index in [4.69, 9.17) is 4.74 Å². The summed E-state index contributed by atoms with van der Waals surface area (Å²) < 4.78 is 5.45. The van der Waals surface area contributed by atoms with Crippen molar-refractivity contribution in [3.8, 4) is 5.75 Å². The van der Waals surface area contributed by atoms with Gasteiger partial charge in [0.15, 0.2) is 0 Å². The lowest BCUT2D eigenvalue weighted by Crippen LogP contribution is -2.14. The monoisotopic (exact) mass is 328 g/mol. The molecule has 1 heterocycles. The Kier molecular flexibility index (Phi) is 4.83. The van der Waals surface area contributed by atoms with Gasteiger partial charge in [-0.1, -0.05) is 18.6 Å². The fourth-order valence-corrected chi connectivity index (χ4v) is 4.00. The minimum atomic E-state index is 0.334. The summed E-state index contributed by atoms with van der Waals surface area (Å²) in [4.78, 5) is 6.80. The summed E-state index contributed by atoms with van der Waals surface area (Å²) in [6, 6.07) is 6.47. The highest BCUT2D eigenvalue weighted by molar-refractivity contribution is 7.09. The molecule has 3 nitrogen and oxygen atoms in total. The van der Waals surface area contributed by atoms with Crippen molar-refractivity contribution in [1.82, 2.24) is 9.88 Å². The van der Waals surface area contributed by atoms with E-state index in [9.17, 15) is 0 Å². The highest BCUT2D eigenvalue weighted by atomic mass is 32.1. The highest BCUT2D eigenvalue weighted by Crippen LogP contribution is 2.44. The van der Waals surface area contributed by atoms with Gasteiger partial charge in [0.05, 0.1) is 12.1 Å². The van der Waals surface area contributed by atoms with Crippen molar-refractivity contribution >= 4 is 16.9 Å². The van der Waals surface area contributed by atoms with Gasteiger partial charge in [0.25, 0.3) is 0 Å². The second-order valence-electron chi connectivity index (χ2n) is 6.36. The normalized spacial score (nSPS) is 15.2. The number of allylic oxidation sites excluding steroid dienone is 1. The van der Waals surface area contributed by atoms with Gasteiger partial charge in [0.2, 0.25) is 0 Å². The molecule has 1 atom stereocenters. The Balaban J connectivity index is 2.01. The molecule has 0 amide bonds. The van der Waals surface area contributed by atoms with E-state index in [1.807, 2.05) is 6.20 Å². The number of methoxy groups -OCH3 is 1. The molecule has 0 aliphatic heterocycles. The summed E-state index contributed by atoms with van der Waals surface area (Å²) in [5.41, 5.74) is 5.76. The van der Waals surface area contributed by atoms with Crippen molar-refractivity contribution in [3.63, 3.8) is 0 Å². The van der Waals surface area contributed by atoms with Crippen LogP contribution in [0.1, 0.15) is 35.4 Å². The van der Waals surface area contributed by atoms with E-state index in [0.29, 0.717) is 5.92 Å². The summed E-state index contributed by atoms with van der Waals surface area (Å²) in [5, 5.41) is 3.26. The van der Waals surface area contributed by atoms with Gasteiger partial charge >= 0.3 is 0 Å². The van der Waals surface area contributed by atoms with Crippen molar-refractivity contribution in [1.29, 1.82) is 0 Å². The first kappa shape index (κ1) is 16.2. The Labute approximate surface area is 142 Å². The standard InChI is InChI=1S/C19H24N2OS/c1-13(19-20-8-10-23-19)18-15(7-9-21(2)3)11-14-5-6-16(22-4)12-17(14)18/h5-6,8,10,12-13H,7,9,11H2,1-4H3. The number of ether oxygens (including phenoxy) is 1. The fraction of sp³-hybridized carbons (Fsp3) is 0.421. The third-order valence-electron chi connectivity index (χ3n) is 4.51. The summed E-state index contributed by atoms with van der Waals surface area (Å²) in [5.74, 6) is 1.27. The Hall–Kier alpha value is -1.65. The molecule has 0 saturated carbocycles. The second kappa shape index (κ2) is 6.85. The van der Waals surface area contributed by atoms with Gasteiger partial charge < -0.3 is 9.64 Å². The molecule has 4 heteroatoms. The molecule has 1 aliphatic carbocycles.